The molecular formula is C14H20F2O2. The van der Waals surface area contributed by atoms with Crippen molar-refractivity contribution < 1.29 is 18.6 Å². The second kappa shape index (κ2) is 4.01. The van der Waals surface area contributed by atoms with Crippen LogP contribution in [0.4, 0.5) is 8.78 Å². The van der Waals surface area contributed by atoms with E-state index in [1.165, 1.54) is 5.57 Å². The van der Waals surface area contributed by atoms with E-state index in [-0.39, 0.29) is 18.4 Å². The smallest absolute Gasteiger partial charge is 0.256 e. The second-order valence-electron chi connectivity index (χ2n) is 6.37. The molecule has 0 aromatic heterocycles. The lowest BCUT2D eigenvalue weighted by atomic mass is 9.83. The van der Waals surface area contributed by atoms with Crippen molar-refractivity contribution in [3.8, 4) is 0 Å². The second-order valence-corrected chi connectivity index (χ2v) is 6.37. The van der Waals surface area contributed by atoms with E-state index in [9.17, 15) is 8.78 Å². The van der Waals surface area contributed by atoms with Crippen LogP contribution in [-0.2, 0) is 4.74 Å². The van der Waals surface area contributed by atoms with Crippen LogP contribution in [0.2, 0.25) is 0 Å². The first-order valence-electron chi connectivity index (χ1n) is 6.75. The van der Waals surface area contributed by atoms with E-state index in [1.54, 1.807) is 0 Å². The van der Waals surface area contributed by atoms with Crippen LogP contribution < -0.4 is 0 Å². The number of allylic oxidation sites excluding steroid dienone is 2. The molecule has 1 spiro atoms. The average molecular weight is 258 g/mol. The maximum atomic E-state index is 13.2. The van der Waals surface area contributed by atoms with Gasteiger partial charge in [-0.25, -0.2) is 8.78 Å². The molecule has 0 bridgehead atoms. The zero-order chi connectivity index (χ0) is 12.9. The van der Waals surface area contributed by atoms with Gasteiger partial charge in [-0.3, -0.25) is 0 Å². The maximum absolute atomic E-state index is 13.2. The van der Waals surface area contributed by atoms with E-state index in [2.05, 4.69) is 6.08 Å². The molecule has 1 N–H and O–H groups in total. The quantitative estimate of drug-likeness (QED) is 0.786. The first kappa shape index (κ1) is 12.5. The Labute approximate surface area is 106 Å². The van der Waals surface area contributed by atoms with E-state index < -0.39 is 11.3 Å². The Morgan fingerprint density at radius 3 is 2.72 bits per heavy atom. The van der Waals surface area contributed by atoms with Crippen molar-refractivity contribution in [3.63, 3.8) is 0 Å². The molecule has 2 atom stereocenters. The molecule has 102 valence electrons. The fourth-order valence-corrected chi connectivity index (χ4v) is 3.43. The van der Waals surface area contributed by atoms with E-state index >= 15 is 0 Å². The highest BCUT2D eigenvalue weighted by Gasteiger charge is 2.70. The molecule has 1 saturated carbocycles. The van der Waals surface area contributed by atoms with Gasteiger partial charge in [0.15, 0.2) is 0 Å². The Morgan fingerprint density at radius 1 is 1.39 bits per heavy atom. The van der Waals surface area contributed by atoms with Gasteiger partial charge in [-0.15, -0.1) is 0 Å². The van der Waals surface area contributed by atoms with Gasteiger partial charge in [0.05, 0.1) is 18.6 Å². The molecule has 18 heavy (non-hydrogen) atoms. The lowest BCUT2D eigenvalue weighted by Crippen LogP contribution is -2.18. The van der Waals surface area contributed by atoms with Crippen molar-refractivity contribution in [1.82, 2.24) is 0 Å². The molecule has 0 aromatic carbocycles. The number of rotatable bonds is 4. The molecule has 2 aliphatic carbocycles. The molecule has 1 saturated heterocycles. The first-order chi connectivity index (χ1) is 8.51. The summed E-state index contributed by atoms with van der Waals surface area (Å²) < 4.78 is 31.9. The highest BCUT2D eigenvalue weighted by molar-refractivity contribution is 5.18. The fourth-order valence-electron chi connectivity index (χ4n) is 3.43. The number of hydrogen-bond donors (Lipinski definition) is 1. The summed E-state index contributed by atoms with van der Waals surface area (Å²) in [6, 6.07) is 0. The zero-order valence-corrected chi connectivity index (χ0v) is 10.6. The summed E-state index contributed by atoms with van der Waals surface area (Å²) in [4.78, 5) is 0. The molecule has 3 rings (SSSR count). The van der Waals surface area contributed by atoms with Crippen molar-refractivity contribution in [3.05, 3.63) is 11.6 Å². The summed E-state index contributed by atoms with van der Waals surface area (Å²) in [7, 11) is 0. The normalized spacial score (nSPS) is 41.4. The topological polar surface area (TPSA) is 29.5 Å². The fraction of sp³-hybridized carbons (Fsp3) is 0.857. The largest absolute Gasteiger partial charge is 0.396 e. The summed E-state index contributed by atoms with van der Waals surface area (Å²) in [6.07, 6.45) is 6.31. The first-order valence-corrected chi connectivity index (χ1v) is 6.75. The van der Waals surface area contributed by atoms with Crippen LogP contribution in [0.25, 0.3) is 0 Å². The minimum atomic E-state index is -2.64. The van der Waals surface area contributed by atoms with E-state index in [1.807, 2.05) is 0 Å². The van der Waals surface area contributed by atoms with Crippen molar-refractivity contribution in [2.24, 2.45) is 10.8 Å². The van der Waals surface area contributed by atoms with E-state index in [4.69, 9.17) is 9.84 Å². The molecule has 1 unspecified atom stereocenters. The summed E-state index contributed by atoms with van der Waals surface area (Å²) in [5.74, 6) is -2.64. The van der Waals surface area contributed by atoms with Gasteiger partial charge in [-0.05, 0) is 32.1 Å². The number of aliphatic hydroxyl groups is 1. The van der Waals surface area contributed by atoms with Crippen LogP contribution in [0.3, 0.4) is 0 Å². The summed E-state index contributed by atoms with van der Waals surface area (Å²) in [6.45, 7) is 1.26. The SMILES string of the molecule is OC[C@]1(CCC2=CCC3(CCOC3)C2)CC1(F)F. The highest BCUT2D eigenvalue weighted by atomic mass is 19.3. The summed E-state index contributed by atoms with van der Waals surface area (Å²) in [5, 5.41) is 9.15. The average Bonchev–Trinajstić information content (AvgIpc) is 2.78. The number of hydrogen-bond acceptors (Lipinski definition) is 2. The van der Waals surface area contributed by atoms with Gasteiger partial charge >= 0.3 is 0 Å². The molecule has 2 fully saturated rings. The van der Waals surface area contributed by atoms with Crippen LogP contribution in [0.1, 0.15) is 38.5 Å². The molecule has 2 nitrogen and oxygen atoms in total. The lowest BCUT2D eigenvalue weighted by Gasteiger charge is -2.21. The van der Waals surface area contributed by atoms with Gasteiger partial charge in [-0.2, -0.15) is 0 Å². The molecule has 4 heteroatoms. The van der Waals surface area contributed by atoms with Crippen molar-refractivity contribution in [2.45, 2.75) is 44.4 Å². The van der Waals surface area contributed by atoms with Gasteiger partial charge in [0.2, 0.25) is 0 Å². The lowest BCUT2D eigenvalue weighted by molar-refractivity contribution is 0.0329. The number of alkyl halides is 2. The monoisotopic (exact) mass is 258 g/mol. The third-order valence-electron chi connectivity index (χ3n) is 5.05. The van der Waals surface area contributed by atoms with Gasteiger partial charge in [-0.1, -0.05) is 11.6 Å². The summed E-state index contributed by atoms with van der Waals surface area (Å²) in [5.41, 5.74) is 0.444. The number of ether oxygens (including phenoxy) is 1. The van der Waals surface area contributed by atoms with Gasteiger partial charge in [0, 0.05) is 18.4 Å². The highest BCUT2D eigenvalue weighted by Crippen LogP contribution is 2.63. The molecule has 3 aliphatic rings. The van der Waals surface area contributed by atoms with Crippen LogP contribution in [-0.4, -0.2) is 30.8 Å². The third kappa shape index (κ3) is 1.90. The zero-order valence-electron chi connectivity index (χ0n) is 10.6. The van der Waals surface area contributed by atoms with Crippen LogP contribution in [0.15, 0.2) is 11.6 Å². The van der Waals surface area contributed by atoms with E-state index in [0.29, 0.717) is 12.8 Å². The third-order valence-corrected chi connectivity index (χ3v) is 5.05. The van der Waals surface area contributed by atoms with Gasteiger partial charge in [0.1, 0.15) is 0 Å². The van der Waals surface area contributed by atoms with Crippen molar-refractivity contribution in [2.75, 3.05) is 19.8 Å². The Balaban J connectivity index is 1.53. The van der Waals surface area contributed by atoms with Crippen molar-refractivity contribution >= 4 is 0 Å². The molecule has 1 heterocycles. The molecule has 0 aromatic rings. The Kier molecular flexibility index (Phi) is 2.79. The summed E-state index contributed by atoms with van der Waals surface area (Å²) >= 11 is 0. The standard InChI is InChI=1S/C14H20F2O2/c15-14(16)8-13(14,9-17)4-2-11-1-3-12(7-11)5-6-18-10-12/h1,17H,2-10H2/t12?,13-/m0/s1. The molecule has 1 aliphatic heterocycles. The van der Waals surface area contributed by atoms with Gasteiger partial charge in [0.25, 0.3) is 5.92 Å². The Bertz CT molecular complexity index is 372. The minimum absolute atomic E-state index is 0.141. The Morgan fingerprint density at radius 2 is 2.17 bits per heavy atom. The molecule has 0 amide bonds. The predicted molar refractivity (Wildman–Crippen MR) is 63.5 cm³/mol. The maximum Gasteiger partial charge on any atom is 0.256 e. The van der Waals surface area contributed by atoms with Gasteiger partial charge < -0.3 is 9.84 Å². The predicted octanol–water partition coefficient (Wildman–Crippen LogP) is 2.91. The van der Waals surface area contributed by atoms with Crippen LogP contribution in [0, 0.1) is 10.8 Å². The minimum Gasteiger partial charge on any atom is -0.396 e. The van der Waals surface area contributed by atoms with E-state index in [0.717, 1.165) is 32.5 Å². The van der Waals surface area contributed by atoms with Crippen LogP contribution in [0.5, 0.6) is 0 Å². The molecular weight excluding hydrogens is 238 g/mol. The number of halogens is 2. The Hall–Kier alpha value is -0.480. The molecule has 0 radical (unpaired) electrons. The number of aliphatic hydroxyl groups excluding tert-OH is 1. The van der Waals surface area contributed by atoms with Crippen molar-refractivity contribution in [1.29, 1.82) is 0 Å². The van der Waals surface area contributed by atoms with Crippen LogP contribution >= 0.6 is 0 Å².